The van der Waals surface area contributed by atoms with Crippen molar-refractivity contribution in [2.45, 2.75) is 25.3 Å². The van der Waals surface area contributed by atoms with Crippen LogP contribution in [0.3, 0.4) is 0 Å². The molecule has 0 saturated carbocycles. The summed E-state index contributed by atoms with van der Waals surface area (Å²) in [5, 5.41) is 7.68. The second-order valence-electron chi connectivity index (χ2n) is 7.20. The van der Waals surface area contributed by atoms with E-state index in [1.807, 2.05) is 11.8 Å². The van der Waals surface area contributed by atoms with E-state index in [0.717, 1.165) is 18.5 Å². The highest BCUT2D eigenvalue weighted by Gasteiger charge is 2.46. The largest absolute Gasteiger partial charge is 0.516 e. The summed E-state index contributed by atoms with van der Waals surface area (Å²) in [6.45, 7) is 3.28. The molecule has 0 fully saturated rings. The molecule has 1 aromatic carbocycles. The lowest BCUT2D eigenvalue weighted by Gasteiger charge is -2.31. The van der Waals surface area contributed by atoms with Crippen molar-refractivity contribution in [1.82, 2.24) is 19.9 Å². The first-order valence-electron chi connectivity index (χ1n) is 10.6. The average Bonchev–Trinajstić information content (AvgIpc) is 2.87. The zero-order valence-corrected chi connectivity index (χ0v) is 19.8. The Morgan fingerprint density at radius 2 is 1.69 bits per heavy atom. The van der Waals surface area contributed by atoms with Crippen LogP contribution < -0.4 is 20.9 Å². The van der Waals surface area contributed by atoms with Gasteiger partial charge in [0.05, 0.1) is 5.69 Å². The number of rotatable bonds is 6. The molecule has 4 N–H and O–H groups in total. The van der Waals surface area contributed by atoms with Crippen molar-refractivity contribution in [2.24, 2.45) is 16.1 Å². The number of anilines is 3. The topological polar surface area (TPSA) is 164 Å². The van der Waals surface area contributed by atoms with Crippen LogP contribution in [-0.2, 0) is 16.4 Å². The number of halogens is 3. The molecule has 192 valence electrons. The Hall–Kier alpha value is -3.92. The van der Waals surface area contributed by atoms with Gasteiger partial charge < -0.3 is 4.90 Å². The lowest BCUT2D eigenvalue weighted by atomic mass is 10.0. The van der Waals surface area contributed by atoms with E-state index in [4.69, 9.17) is 5.84 Å². The summed E-state index contributed by atoms with van der Waals surface area (Å²) in [6, 6.07) is 6.19. The molecular weight excluding hydrogens is 501 g/mol. The molecule has 0 bridgehead atoms. The van der Waals surface area contributed by atoms with Crippen molar-refractivity contribution in [1.29, 1.82) is 0 Å². The molecule has 0 unspecified atom stereocenters. The monoisotopic (exact) mass is 524 g/mol. The number of hydrogen-bond donors (Lipinski definition) is 3. The summed E-state index contributed by atoms with van der Waals surface area (Å²) in [4.78, 5) is 17.2. The van der Waals surface area contributed by atoms with Crippen LogP contribution in [0.5, 0.6) is 0 Å². The Morgan fingerprint density at radius 1 is 1.06 bits per heavy atom. The fraction of sp³-hybridized carbons (Fsp3) is 0.300. The summed E-state index contributed by atoms with van der Waals surface area (Å²) >= 11 is 0. The molecule has 0 atom stereocenters. The first-order chi connectivity index (χ1) is 17.1. The molecule has 12 nitrogen and oxygen atoms in total. The fourth-order valence-electron chi connectivity index (χ4n) is 3.21. The van der Waals surface area contributed by atoms with Gasteiger partial charge in [0, 0.05) is 43.6 Å². The first-order valence-corrected chi connectivity index (χ1v) is 12.1. The van der Waals surface area contributed by atoms with Gasteiger partial charge in [-0.15, -0.1) is 10.2 Å². The molecule has 0 radical (unpaired) electrons. The maximum Gasteiger partial charge on any atom is 0.516 e. The van der Waals surface area contributed by atoms with E-state index in [1.165, 1.54) is 24.5 Å². The number of hydrazine groups is 1. The molecule has 2 aromatic heterocycles. The molecule has 0 amide bonds. The van der Waals surface area contributed by atoms with Crippen LogP contribution in [0, 0.1) is 0 Å². The van der Waals surface area contributed by atoms with Gasteiger partial charge in [-0.05, 0) is 49.6 Å². The predicted octanol–water partition coefficient (Wildman–Crippen LogP) is 3.69. The van der Waals surface area contributed by atoms with Gasteiger partial charge >= 0.3 is 15.5 Å². The van der Waals surface area contributed by atoms with E-state index < -0.39 is 15.5 Å². The van der Waals surface area contributed by atoms with E-state index in [-0.39, 0.29) is 17.3 Å². The van der Waals surface area contributed by atoms with Crippen molar-refractivity contribution in [3.63, 3.8) is 0 Å². The van der Waals surface area contributed by atoms with E-state index in [1.54, 1.807) is 29.2 Å². The number of benzene rings is 1. The summed E-state index contributed by atoms with van der Waals surface area (Å²) in [7, 11) is -5.61. The Kier molecular flexibility index (Phi) is 8.65. The van der Waals surface area contributed by atoms with Crippen LogP contribution in [-0.4, -0.2) is 47.0 Å². The van der Waals surface area contributed by atoms with E-state index in [0.29, 0.717) is 24.6 Å². The van der Waals surface area contributed by atoms with Crippen molar-refractivity contribution < 1.29 is 21.6 Å². The maximum absolute atomic E-state index is 12.8. The minimum atomic E-state index is -5.61. The zero-order valence-electron chi connectivity index (χ0n) is 19.0. The normalized spacial score (nSPS) is 13.5. The molecule has 4 rings (SSSR count). The fourth-order valence-corrected chi connectivity index (χ4v) is 3.77. The molecule has 0 aliphatic carbocycles. The molecule has 3 aromatic rings. The Balaban J connectivity index is 0.000000383. The quantitative estimate of drug-likeness (QED) is 0.248. The van der Waals surface area contributed by atoms with Crippen LogP contribution in [0.4, 0.5) is 42.1 Å². The first kappa shape index (κ1) is 26.7. The molecule has 0 spiro atoms. The van der Waals surface area contributed by atoms with Gasteiger partial charge in [-0.2, -0.15) is 21.6 Å². The van der Waals surface area contributed by atoms with Crippen LogP contribution in [0.15, 0.2) is 59.3 Å². The van der Waals surface area contributed by atoms with Crippen molar-refractivity contribution >= 4 is 39.0 Å². The van der Waals surface area contributed by atoms with Gasteiger partial charge in [0.25, 0.3) is 5.95 Å². The number of azo groups is 1. The highest BCUT2D eigenvalue weighted by molar-refractivity contribution is 7.93. The number of nitrogens with zero attached hydrogens (tertiary/aromatic N) is 7. The minimum absolute atomic E-state index is 0.0000314. The predicted molar refractivity (Wildman–Crippen MR) is 127 cm³/mol. The number of nitrogen functional groups attached to an aromatic ring is 1. The number of sulfonamides is 1. The molecular formula is C20H23F3N10O2S. The number of aryl methyl sites for hydroxylation is 1. The SMILES string of the molecule is CCN1CCCc2cc(N=Nc3ncccn3)c(NS(=O)(=O)C(F)(F)F)cc21.NNc1ncccn1. The lowest BCUT2D eigenvalue weighted by Crippen LogP contribution is -2.31. The number of fused-ring (bicyclic) bond motifs is 1. The van der Waals surface area contributed by atoms with E-state index in [9.17, 15) is 21.6 Å². The lowest BCUT2D eigenvalue weighted by molar-refractivity contribution is -0.0429. The van der Waals surface area contributed by atoms with Crippen molar-refractivity contribution in [2.75, 3.05) is 28.1 Å². The molecule has 0 saturated heterocycles. The second-order valence-corrected chi connectivity index (χ2v) is 8.87. The number of nitrogens with two attached hydrogens (primary N) is 1. The Labute approximate surface area is 204 Å². The highest BCUT2D eigenvalue weighted by Crippen LogP contribution is 2.39. The van der Waals surface area contributed by atoms with Crippen LogP contribution in [0.25, 0.3) is 0 Å². The Morgan fingerprint density at radius 3 is 2.25 bits per heavy atom. The number of hydrogen-bond acceptors (Lipinski definition) is 11. The van der Waals surface area contributed by atoms with Gasteiger partial charge in [-0.25, -0.2) is 25.8 Å². The Bertz CT molecular complexity index is 1280. The van der Waals surface area contributed by atoms with Crippen LogP contribution >= 0.6 is 0 Å². The highest BCUT2D eigenvalue weighted by atomic mass is 32.2. The third kappa shape index (κ3) is 6.82. The maximum atomic E-state index is 12.8. The number of nitrogens with one attached hydrogen (secondary N) is 2. The van der Waals surface area contributed by atoms with Crippen molar-refractivity contribution in [3.8, 4) is 0 Å². The minimum Gasteiger partial charge on any atom is -0.372 e. The molecule has 16 heteroatoms. The van der Waals surface area contributed by atoms with Gasteiger partial charge in [0.15, 0.2) is 0 Å². The zero-order chi connectivity index (χ0) is 26.2. The van der Waals surface area contributed by atoms with Crippen molar-refractivity contribution in [3.05, 3.63) is 54.6 Å². The smallest absolute Gasteiger partial charge is 0.372 e. The van der Waals surface area contributed by atoms with Gasteiger partial charge in [0.2, 0.25) is 5.95 Å². The summed E-state index contributed by atoms with van der Waals surface area (Å²) in [5.41, 5.74) is -1.98. The summed E-state index contributed by atoms with van der Waals surface area (Å²) in [6.07, 6.45) is 7.65. The molecule has 1 aliphatic heterocycles. The number of alkyl halides is 3. The van der Waals surface area contributed by atoms with Gasteiger partial charge in [0.1, 0.15) is 5.69 Å². The average molecular weight is 525 g/mol. The molecule has 3 heterocycles. The third-order valence-electron chi connectivity index (χ3n) is 4.84. The molecule has 36 heavy (non-hydrogen) atoms. The summed E-state index contributed by atoms with van der Waals surface area (Å²) < 4.78 is 63.4. The summed E-state index contributed by atoms with van der Waals surface area (Å²) in [5.74, 6) is 5.41. The third-order valence-corrected chi connectivity index (χ3v) is 5.93. The van der Waals surface area contributed by atoms with E-state index in [2.05, 4.69) is 35.6 Å². The second kappa shape index (κ2) is 11.7. The number of aromatic nitrogens is 4. The van der Waals surface area contributed by atoms with Gasteiger partial charge in [-0.1, -0.05) is 0 Å². The van der Waals surface area contributed by atoms with E-state index >= 15 is 0 Å². The van der Waals surface area contributed by atoms with Crippen LogP contribution in [0.1, 0.15) is 18.9 Å². The molecule has 1 aliphatic rings. The van der Waals surface area contributed by atoms with Gasteiger partial charge in [-0.3, -0.25) is 10.1 Å². The van der Waals surface area contributed by atoms with Crippen LogP contribution in [0.2, 0.25) is 0 Å². The standard InChI is InChI=1S/C16H17F3N6O2S.C4H6N4/c1-2-25-8-3-5-11-9-12(22-23-15-20-6-4-7-21-15)13(10-14(11)25)24-28(26,27)16(17,18)19;5-8-4-6-2-1-3-7-4/h4,6-7,9-10,24H,2-3,5,8H2,1H3;1-3H,5H2,(H,6,7,8).